The number of hydrogen-bond donors (Lipinski definition) is 1. The van der Waals surface area contributed by atoms with Crippen LogP contribution in [0.4, 0.5) is 0 Å². The van der Waals surface area contributed by atoms with E-state index in [1.54, 1.807) is 22.7 Å². The lowest BCUT2D eigenvalue weighted by atomic mass is 10.3. The number of aliphatic hydroxyl groups excluding tert-OH is 1. The summed E-state index contributed by atoms with van der Waals surface area (Å²) in [5, 5.41) is 14.4. The van der Waals surface area contributed by atoms with Crippen LogP contribution in [0.1, 0.15) is 5.69 Å². The number of aromatic nitrogens is 1. The van der Waals surface area contributed by atoms with Crippen LogP contribution in [0.3, 0.4) is 0 Å². The van der Waals surface area contributed by atoms with E-state index in [1.165, 1.54) is 10.6 Å². The standard InChI is InChI=1S/C14H19N3OS2/c18-8-7-16-3-5-17(6-4-16)10-12-11-20-14(15-12)13-2-1-9-19-13/h1-2,9,11,18H,3-8,10H2. The van der Waals surface area contributed by atoms with Crippen LogP contribution in [0.5, 0.6) is 0 Å². The Morgan fingerprint density at radius 3 is 2.65 bits per heavy atom. The zero-order valence-electron chi connectivity index (χ0n) is 11.4. The SMILES string of the molecule is OCCN1CCN(Cc2csc(-c3cccs3)n2)CC1. The third-order valence-electron chi connectivity index (χ3n) is 3.55. The number of aliphatic hydroxyl groups is 1. The molecule has 2 aromatic rings. The van der Waals surface area contributed by atoms with Crippen molar-refractivity contribution in [3.05, 3.63) is 28.6 Å². The summed E-state index contributed by atoms with van der Waals surface area (Å²) in [6.07, 6.45) is 0. The Morgan fingerprint density at radius 1 is 1.15 bits per heavy atom. The van der Waals surface area contributed by atoms with Crippen molar-refractivity contribution in [2.45, 2.75) is 6.54 Å². The molecule has 0 unspecified atom stereocenters. The molecule has 0 spiro atoms. The molecule has 0 amide bonds. The second-order valence-electron chi connectivity index (χ2n) is 4.96. The van der Waals surface area contributed by atoms with Crippen LogP contribution in [0.2, 0.25) is 0 Å². The topological polar surface area (TPSA) is 39.6 Å². The largest absolute Gasteiger partial charge is 0.395 e. The fraction of sp³-hybridized carbons (Fsp3) is 0.500. The van der Waals surface area contributed by atoms with Gasteiger partial charge in [-0.05, 0) is 11.4 Å². The molecule has 2 aromatic heterocycles. The Labute approximate surface area is 127 Å². The first-order valence-corrected chi connectivity index (χ1v) is 8.65. The molecule has 0 saturated carbocycles. The van der Waals surface area contributed by atoms with Gasteiger partial charge in [0.05, 0.1) is 17.2 Å². The van der Waals surface area contributed by atoms with Gasteiger partial charge in [-0.2, -0.15) is 0 Å². The lowest BCUT2D eigenvalue weighted by Crippen LogP contribution is -2.46. The van der Waals surface area contributed by atoms with Crippen molar-refractivity contribution >= 4 is 22.7 Å². The molecule has 3 rings (SSSR count). The molecule has 4 nitrogen and oxygen atoms in total. The molecule has 0 bridgehead atoms. The molecule has 0 aromatic carbocycles. The van der Waals surface area contributed by atoms with E-state index in [0.717, 1.165) is 44.3 Å². The number of thiazole rings is 1. The van der Waals surface area contributed by atoms with E-state index >= 15 is 0 Å². The molecule has 1 saturated heterocycles. The highest BCUT2D eigenvalue weighted by atomic mass is 32.1. The third-order valence-corrected chi connectivity index (χ3v) is 5.48. The number of hydrogen-bond acceptors (Lipinski definition) is 6. The Morgan fingerprint density at radius 2 is 1.95 bits per heavy atom. The highest BCUT2D eigenvalue weighted by Crippen LogP contribution is 2.28. The number of rotatable bonds is 5. The monoisotopic (exact) mass is 309 g/mol. The van der Waals surface area contributed by atoms with Gasteiger partial charge in [-0.3, -0.25) is 9.80 Å². The van der Waals surface area contributed by atoms with E-state index < -0.39 is 0 Å². The molecular weight excluding hydrogens is 290 g/mol. The molecule has 1 aliphatic heterocycles. The second-order valence-corrected chi connectivity index (χ2v) is 6.77. The van der Waals surface area contributed by atoms with Gasteiger partial charge in [0.2, 0.25) is 0 Å². The van der Waals surface area contributed by atoms with Gasteiger partial charge in [0.15, 0.2) is 0 Å². The summed E-state index contributed by atoms with van der Waals surface area (Å²) in [5.41, 5.74) is 1.18. The first-order valence-electron chi connectivity index (χ1n) is 6.89. The van der Waals surface area contributed by atoms with E-state index in [1.807, 2.05) is 0 Å². The Bertz CT molecular complexity index is 518. The van der Waals surface area contributed by atoms with Crippen molar-refractivity contribution in [3.8, 4) is 9.88 Å². The highest BCUT2D eigenvalue weighted by Gasteiger charge is 2.17. The second kappa shape index (κ2) is 6.78. The molecule has 6 heteroatoms. The fourth-order valence-electron chi connectivity index (χ4n) is 2.43. The molecule has 1 fully saturated rings. The van der Waals surface area contributed by atoms with Crippen molar-refractivity contribution in [2.75, 3.05) is 39.3 Å². The van der Waals surface area contributed by atoms with Crippen molar-refractivity contribution < 1.29 is 5.11 Å². The van der Waals surface area contributed by atoms with Crippen molar-refractivity contribution in [1.82, 2.24) is 14.8 Å². The molecule has 20 heavy (non-hydrogen) atoms. The van der Waals surface area contributed by atoms with E-state index in [9.17, 15) is 0 Å². The fourth-order valence-corrected chi connectivity index (χ4v) is 4.06. The molecule has 108 valence electrons. The zero-order valence-corrected chi connectivity index (χ0v) is 13.0. The van der Waals surface area contributed by atoms with E-state index in [0.29, 0.717) is 0 Å². The maximum Gasteiger partial charge on any atom is 0.133 e. The van der Waals surface area contributed by atoms with Crippen LogP contribution in [-0.4, -0.2) is 59.2 Å². The van der Waals surface area contributed by atoms with E-state index in [4.69, 9.17) is 10.1 Å². The quantitative estimate of drug-likeness (QED) is 0.917. The summed E-state index contributed by atoms with van der Waals surface area (Å²) in [4.78, 5) is 10.8. The molecular formula is C14H19N3OS2. The molecule has 0 atom stereocenters. The molecule has 3 heterocycles. The minimum absolute atomic E-state index is 0.260. The summed E-state index contributed by atoms with van der Waals surface area (Å²) in [5.74, 6) is 0. The lowest BCUT2D eigenvalue weighted by Gasteiger charge is -2.33. The molecule has 1 N–H and O–H groups in total. The van der Waals surface area contributed by atoms with E-state index in [-0.39, 0.29) is 6.61 Å². The van der Waals surface area contributed by atoms with Crippen molar-refractivity contribution in [1.29, 1.82) is 0 Å². The summed E-state index contributed by atoms with van der Waals surface area (Å²) in [6, 6.07) is 4.20. The van der Waals surface area contributed by atoms with Gasteiger partial charge in [-0.1, -0.05) is 6.07 Å². The maximum atomic E-state index is 8.95. The normalized spacial score (nSPS) is 17.6. The number of nitrogens with zero attached hydrogens (tertiary/aromatic N) is 3. The number of β-amino-alcohol motifs (C(OH)–C–C–N with tert-alkyl or cyclic N) is 1. The first-order chi connectivity index (χ1) is 9.85. The smallest absolute Gasteiger partial charge is 0.133 e. The summed E-state index contributed by atoms with van der Waals surface area (Å²) in [7, 11) is 0. The zero-order chi connectivity index (χ0) is 13.8. The molecule has 1 aliphatic rings. The Hall–Kier alpha value is -0.790. The highest BCUT2D eigenvalue weighted by molar-refractivity contribution is 7.20. The van der Waals surface area contributed by atoms with Gasteiger partial charge in [0.25, 0.3) is 0 Å². The predicted molar refractivity (Wildman–Crippen MR) is 84.2 cm³/mol. The minimum Gasteiger partial charge on any atom is -0.395 e. The van der Waals surface area contributed by atoms with Crippen LogP contribution in [-0.2, 0) is 6.54 Å². The van der Waals surface area contributed by atoms with Crippen LogP contribution in [0.25, 0.3) is 9.88 Å². The molecule has 0 radical (unpaired) electrons. The molecule has 0 aliphatic carbocycles. The first kappa shape index (κ1) is 14.2. The maximum absolute atomic E-state index is 8.95. The number of piperazine rings is 1. The third kappa shape index (κ3) is 3.45. The van der Waals surface area contributed by atoms with Crippen molar-refractivity contribution in [2.24, 2.45) is 0 Å². The predicted octanol–water partition coefficient (Wildman–Crippen LogP) is 1.98. The summed E-state index contributed by atoms with van der Waals surface area (Å²) >= 11 is 3.48. The summed E-state index contributed by atoms with van der Waals surface area (Å²) in [6.45, 7) is 6.21. The number of thiophene rings is 1. The van der Waals surface area contributed by atoms with Crippen LogP contribution < -0.4 is 0 Å². The van der Waals surface area contributed by atoms with E-state index in [2.05, 4.69) is 32.7 Å². The summed E-state index contributed by atoms with van der Waals surface area (Å²) < 4.78 is 0. The van der Waals surface area contributed by atoms with Crippen LogP contribution >= 0.6 is 22.7 Å². The lowest BCUT2D eigenvalue weighted by molar-refractivity contribution is 0.108. The Kier molecular flexibility index (Phi) is 4.80. The minimum atomic E-state index is 0.260. The average molecular weight is 309 g/mol. The van der Waals surface area contributed by atoms with Gasteiger partial charge < -0.3 is 5.11 Å². The van der Waals surface area contributed by atoms with Gasteiger partial charge in [-0.25, -0.2) is 4.98 Å². The van der Waals surface area contributed by atoms with Crippen LogP contribution in [0, 0.1) is 0 Å². The van der Waals surface area contributed by atoms with Gasteiger partial charge in [0, 0.05) is 44.6 Å². The van der Waals surface area contributed by atoms with Gasteiger partial charge in [0.1, 0.15) is 5.01 Å². The van der Waals surface area contributed by atoms with Crippen LogP contribution in [0.15, 0.2) is 22.9 Å². The van der Waals surface area contributed by atoms with Gasteiger partial charge >= 0.3 is 0 Å². The van der Waals surface area contributed by atoms with Crippen molar-refractivity contribution in [3.63, 3.8) is 0 Å². The Balaban J connectivity index is 1.54. The van der Waals surface area contributed by atoms with Gasteiger partial charge in [-0.15, -0.1) is 22.7 Å². The average Bonchev–Trinajstić information content (AvgIpc) is 3.12.